The van der Waals surface area contributed by atoms with Gasteiger partial charge in [0.05, 0.1) is 10.0 Å². The number of ether oxygens (including phenoxy) is 1. The first-order chi connectivity index (χ1) is 8.65. The molecule has 0 bridgehead atoms. The van der Waals surface area contributed by atoms with Crippen molar-refractivity contribution in [2.75, 3.05) is 5.94 Å². The fourth-order valence-electron chi connectivity index (χ4n) is 1.28. The number of nitrogens with one attached hydrogen (secondary N) is 2. The molecule has 0 unspecified atom stereocenters. The summed E-state index contributed by atoms with van der Waals surface area (Å²) in [5, 5.41) is 0.968. The molecule has 0 saturated carbocycles. The second kappa shape index (κ2) is 6.22. The Morgan fingerprint density at radius 2 is 2.11 bits per heavy atom. The first-order valence-corrected chi connectivity index (χ1v) is 6.98. The quantitative estimate of drug-likeness (QED) is 0.658. The largest absolute Gasteiger partial charge is 0.483 e. The topological polar surface area (TPSA) is 57.9 Å². The lowest BCUT2D eigenvalue weighted by atomic mass is 10.3. The van der Waals surface area contributed by atoms with Gasteiger partial charge in [-0.2, -0.15) is 0 Å². The molecule has 0 atom stereocenters. The van der Waals surface area contributed by atoms with Crippen molar-refractivity contribution in [3.05, 3.63) is 50.6 Å². The number of thioether (sulfide) groups is 1. The fourth-order valence-corrected chi connectivity index (χ4v) is 2.24. The molecule has 2 N–H and O–H groups in total. The highest BCUT2D eigenvalue weighted by Gasteiger charge is 2.01. The van der Waals surface area contributed by atoms with Crippen molar-refractivity contribution in [1.29, 1.82) is 0 Å². The van der Waals surface area contributed by atoms with Crippen molar-refractivity contribution in [3.8, 4) is 5.75 Å². The maximum Gasteiger partial charge on any atom is 0.323 e. The van der Waals surface area contributed by atoms with Gasteiger partial charge in [-0.3, -0.25) is 0 Å². The molecule has 0 radical (unpaired) electrons. The third-order valence-electron chi connectivity index (χ3n) is 2.11. The SMILES string of the molecule is O=c1[nH]cc(CSCOc2ccc(Cl)c(Cl)c2)[nH]1. The summed E-state index contributed by atoms with van der Waals surface area (Å²) in [4.78, 5) is 16.0. The van der Waals surface area contributed by atoms with Gasteiger partial charge in [0.25, 0.3) is 0 Å². The summed E-state index contributed by atoms with van der Waals surface area (Å²) in [6, 6.07) is 5.11. The maximum absolute atomic E-state index is 10.8. The van der Waals surface area contributed by atoms with E-state index in [4.69, 9.17) is 27.9 Å². The van der Waals surface area contributed by atoms with E-state index < -0.39 is 0 Å². The highest BCUT2D eigenvalue weighted by molar-refractivity contribution is 7.98. The normalized spacial score (nSPS) is 10.6. The van der Waals surface area contributed by atoms with Crippen molar-refractivity contribution in [1.82, 2.24) is 9.97 Å². The second-order valence-corrected chi connectivity index (χ2v) is 5.20. The van der Waals surface area contributed by atoms with E-state index in [2.05, 4.69) is 9.97 Å². The van der Waals surface area contributed by atoms with Crippen LogP contribution in [0.4, 0.5) is 0 Å². The van der Waals surface area contributed by atoms with Gasteiger partial charge in [0, 0.05) is 23.7 Å². The summed E-state index contributed by atoms with van der Waals surface area (Å²) >= 11 is 13.2. The van der Waals surface area contributed by atoms with Crippen LogP contribution in [0.25, 0.3) is 0 Å². The van der Waals surface area contributed by atoms with Gasteiger partial charge in [0.1, 0.15) is 11.7 Å². The molecule has 0 spiro atoms. The molecule has 0 fully saturated rings. The summed E-state index contributed by atoms with van der Waals surface area (Å²) in [6.45, 7) is 0. The molecule has 7 heteroatoms. The average molecular weight is 305 g/mol. The van der Waals surface area contributed by atoms with E-state index in [1.807, 2.05) is 0 Å². The Hall–Kier alpha value is -1.04. The molecule has 0 amide bonds. The lowest BCUT2D eigenvalue weighted by Gasteiger charge is -2.06. The first-order valence-electron chi connectivity index (χ1n) is 5.07. The molecule has 4 nitrogen and oxygen atoms in total. The van der Waals surface area contributed by atoms with E-state index in [-0.39, 0.29) is 5.69 Å². The molecule has 18 heavy (non-hydrogen) atoms. The van der Waals surface area contributed by atoms with Crippen LogP contribution in [0, 0.1) is 0 Å². The van der Waals surface area contributed by atoms with Crippen molar-refractivity contribution in [3.63, 3.8) is 0 Å². The Kier molecular flexibility index (Phi) is 4.63. The molecule has 1 aromatic carbocycles. The molecule has 1 heterocycles. The predicted octanol–water partition coefficient (Wildman–Crippen LogP) is 3.28. The second-order valence-electron chi connectivity index (χ2n) is 3.45. The third kappa shape index (κ3) is 3.73. The summed E-state index contributed by atoms with van der Waals surface area (Å²) < 4.78 is 5.49. The number of benzene rings is 1. The highest BCUT2D eigenvalue weighted by Crippen LogP contribution is 2.26. The molecular weight excluding hydrogens is 295 g/mol. The number of aromatic nitrogens is 2. The zero-order valence-electron chi connectivity index (χ0n) is 9.20. The van der Waals surface area contributed by atoms with Gasteiger partial charge in [0.15, 0.2) is 0 Å². The molecule has 96 valence electrons. The Morgan fingerprint density at radius 1 is 1.28 bits per heavy atom. The molecule has 2 rings (SSSR count). The molecule has 2 aromatic rings. The van der Waals surface area contributed by atoms with Crippen LogP contribution in [0.2, 0.25) is 10.0 Å². The molecule has 0 saturated heterocycles. The Morgan fingerprint density at radius 3 is 2.78 bits per heavy atom. The van der Waals surface area contributed by atoms with Crippen LogP contribution in [0.1, 0.15) is 5.69 Å². The zero-order valence-corrected chi connectivity index (χ0v) is 11.5. The van der Waals surface area contributed by atoms with Crippen LogP contribution >= 0.6 is 35.0 Å². The summed E-state index contributed by atoms with van der Waals surface area (Å²) in [5.74, 6) is 1.80. The number of halogens is 2. The van der Waals surface area contributed by atoms with Gasteiger partial charge >= 0.3 is 5.69 Å². The maximum atomic E-state index is 10.8. The van der Waals surface area contributed by atoms with Gasteiger partial charge in [-0.15, -0.1) is 11.8 Å². The van der Waals surface area contributed by atoms with Crippen LogP contribution in [0.15, 0.2) is 29.2 Å². The van der Waals surface area contributed by atoms with E-state index in [1.54, 1.807) is 24.4 Å². The molecule has 0 aliphatic carbocycles. The van der Waals surface area contributed by atoms with Crippen LogP contribution in [-0.4, -0.2) is 15.9 Å². The first kappa shape index (κ1) is 13.4. The van der Waals surface area contributed by atoms with Crippen LogP contribution in [0.3, 0.4) is 0 Å². The average Bonchev–Trinajstić information content (AvgIpc) is 2.75. The zero-order chi connectivity index (χ0) is 13.0. The van der Waals surface area contributed by atoms with Crippen molar-refractivity contribution in [2.24, 2.45) is 0 Å². The van der Waals surface area contributed by atoms with Crippen LogP contribution in [0.5, 0.6) is 5.75 Å². The van der Waals surface area contributed by atoms with Crippen LogP contribution in [-0.2, 0) is 5.75 Å². The fraction of sp³-hybridized carbons (Fsp3) is 0.182. The van der Waals surface area contributed by atoms with Crippen LogP contribution < -0.4 is 10.4 Å². The minimum Gasteiger partial charge on any atom is -0.483 e. The Labute approximate surface area is 118 Å². The van der Waals surface area contributed by atoms with E-state index in [9.17, 15) is 4.79 Å². The van der Waals surface area contributed by atoms with E-state index in [1.165, 1.54) is 11.8 Å². The number of rotatable bonds is 5. The summed E-state index contributed by atoms with van der Waals surface area (Å²) in [7, 11) is 0. The lowest BCUT2D eigenvalue weighted by molar-refractivity contribution is 0.393. The smallest absolute Gasteiger partial charge is 0.323 e. The van der Waals surface area contributed by atoms with E-state index in [0.29, 0.717) is 27.5 Å². The van der Waals surface area contributed by atoms with Gasteiger partial charge in [-0.05, 0) is 12.1 Å². The number of aromatic amines is 2. The van der Waals surface area contributed by atoms with E-state index in [0.717, 1.165) is 5.69 Å². The van der Waals surface area contributed by atoms with Gasteiger partial charge in [-0.1, -0.05) is 23.2 Å². The minimum atomic E-state index is -0.198. The van der Waals surface area contributed by atoms with Crippen molar-refractivity contribution >= 4 is 35.0 Å². The Bertz CT molecular complexity index is 582. The predicted molar refractivity (Wildman–Crippen MR) is 74.7 cm³/mol. The third-order valence-corrected chi connectivity index (χ3v) is 3.65. The van der Waals surface area contributed by atoms with Gasteiger partial charge in [0.2, 0.25) is 0 Å². The summed E-state index contributed by atoms with van der Waals surface area (Å²) in [6.07, 6.45) is 1.65. The lowest BCUT2D eigenvalue weighted by Crippen LogP contribution is -2.01. The van der Waals surface area contributed by atoms with Crippen molar-refractivity contribution in [2.45, 2.75) is 5.75 Å². The highest BCUT2D eigenvalue weighted by atomic mass is 35.5. The summed E-state index contributed by atoms with van der Waals surface area (Å²) in [5.41, 5.74) is 0.638. The van der Waals surface area contributed by atoms with E-state index >= 15 is 0 Å². The monoisotopic (exact) mass is 304 g/mol. The van der Waals surface area contributed by atoms with Crippen molar-refractivity contribution < 1.29 is 4.74 Å². The molecule has 1 aromatic heterocycles. The van der Waals surface area contributed by atoms with Gasteiger partial charge < -0.3 is 14.7 Å². The number of hydrogen-bond acceptors (Lipinski definition) is 3. The number of H-pyrrole nitrogens is 2. The van der Waals surface area contributed by atoms with Gasteiger partial charge in [-0.25, -0.2) is 4.79 Å². The minimum absolute atomic E-state index is 0.198. The molecule has 0 aliphatic rings. The number of imidazole rings is 1. The standard InChI is InChI=1S/C11H10Cl2N2O2S/c12-9-2-1-8(3-10(9)13)17-6-18-5-7-4-14-11(16)15-7/h1-4H,5-6H2,(H2,14,15,16). The molecular formula is C11H10Cl2N2O2S. The molecule has 0 aliphatic heterocycles. The number of hydrogen-bond donors (Lipinski definition) is 2. The Balaban J connectivity index is 1.78.